The SMILES string of the molecule is CC(O)c1ccc(OCC2CCC2)c(Br)c1. The van der Waals surface area contributed by atoms with Crippen LogP contribution in [0.3, 0.4) is 0 Å². The summed E-state index contributed by atoms with van der Waals surface area (Å²) in [6.45, 7) is 2.57. The number of benzene rings is 1. The van der Waals surface area contributed by atoms with Gasteiger partial charge in [0.25, 0.3) is 0 Å². The Hall–Kier alpha value is -0.540. The average molecular weight is 285 g/mol. The lowest BCUT2D eigenvalue weighted by Gasteiger charge is -2.25. The van der Waals surface area contributed by atoms with Crippen molar-refractivity contribution in [2.75, 3.05) is 6.61 Å². The van der Waals surface area contributed by atoms with Crippen LogP contribution in [0.25, 0.3) is 0 Å². The highest BCUT2D eigenvalue weighted by Crippen LogP contribution is 2.31. The second-order valence-electron chi connectivity index (χ2n) is 4.47. The van der Waals surface area contributed by atoms with Crippen LogP contribution in [0, 0.1) is 5.92 Å². The van der Waals surface area contributed by atoms with Crippen LogP contribution < -0.4 is 4.74 Å². The molecular weight excluding hydrogens is 268 g/mol. The van der Waals surface area contributed by atoms with E-state index >= 15 is 0 Å². The van der Waals surface area contributed by atoms with Crippen molar-refractivity contribution >= 4 is 15.9 Å². The Bertz CT molecular complexity index is 359. The molecule has 1 aliphatic carbocycles. The van der Waals surface area contributed by atoms with Gasteiger partial charge in [-0.2, -0.15) is 0 Å². The highest BCUT2D eigenvalue weighted by Gasteiger charge is 2.18. The molecule has 1 N–H and O–H groups in total. The standard InChI is InChI=1S/C13H17BrO2/c1-9(15)11-5-6-13(12(14)7-11)16-8-10-3-2-4-10/h5-7,9-10,15H,2-4,8H2,1H3. The molecule has 1 atom stereocenters. The van der Waals surface area contributed by atoms with Crippen LogP contribution in [0.15, 0.2) is 22.7 Å². The van der Waals surface area contributed by atoms with Crippen LogP contribution in [-0.4, -0.2) is 11.7 Å². The molecule has 0 saturated heterocycles. The summed E-state index contributed by atoms with van der Waals surface area (Å²) in [6.07, 6.45) is 3.50. The molecule has 0 radical (unpaired) electrons. The van der Waals surface area contributed by atoms with Gasteiger partial charge in [-0.25, -0.2) is 0 Å². The monoisotopic (exact) mass is 284 g/mol. The van der Waals surface area contributed by atoms with Crippen molar-refractivity contribution in [2.45, 2.75) is 32.3 Å². The zero-order chi connectivity index (χ0) is 11.5. The molecule has 0 aliphatic heterocycles. The summed E-state index contributed by atoms with van der Waals surface area (Å²) in [5.41, 5.74) is 0.905. The molecule has 0 amide bonds. The van der Waals surface area contributed by atoms with E-state index in [1.165, 1.54) is 19.3 Å². The van der Waals surface area contributed by atoms with Gasteiger partial charge in [-0.05, 0) is 59.3 Å². The number of rotatable bonds is 4. The third kappa shape index (κ3) is 2.77. The Morgan fingerprint density at radius 1 is 1.50 bits per heavy atom. The predicted octanol–water partition coefficient (Wildman–Crippen LogP) is 3.68. The first kappa shape index (κ1) is 11.9. The molecule has 88 valence electrons. The number of aliphatic hydroxyl groups excluding tert-OH is 1. The van der Waals surface area contributed by atoms with E-state index in [9.17, 15) is 5.11 Å². The van der Waals surface area contributed by atoms with Gasteiger partial charge in [0.1, 0.15) is 5.75 Å². The largest absolute Gasteiger partial charge is 0.492 e. The van der Waals surface area contributed by atoms with Crippen molar-refractivity contribution in [3.63, 3.8) is 0 Å². The average Bonchev–Trinajstić information content (AvgIpc) is 2.17. The van der Waals surface area contributed by atoms with Crippen molar-refractivity contribution in [3.05, 3.63) is 28.2 Å². The fourth-order valence-electron chi connectivity index (χ4n) is 1.76. The Balaban J connectivity index is 1.98. The Morgan fingerprint density at radius 3 is 2.75 bits per heavy atom. The first-order valence-electron chi connectivity index (χ1n) is 5.77. The Kier molecular flexibility index (Phi) is 3.87. The number of aliphatic hydroxyl groups is 1. The molecule has 1 unspecified atom stereocenters. The summed E-state index contributed by atoms with van der Waals surface area (Å²) in [7, 11) is 0. The van der Waals surface area contributed by atoms with Crippen molar-refractivity contribution in [1.29, 1.82) is 0 Å². The lowest BCUT2D eigenvalue weighted by molar-refractivity contribution is 0.179. The third-order valence-corrected chi connectivity index (χ3v) is 3.76. The quantitative estimate of drug-likeness (QED) is 0.914. The van der Waals surface area contributed by atoms with Crippen molar-refractivity contribution < 1.29 is 9.84 Å². The molecule has 1 aliphatic rings. The second kappa shape index (κ2) is 5.19. The highest BCUT2D eigenvalue weighted by molar-refractivity contribution is 9.10. The van der Waals surface area contributed by atoms with Gasteiger partial charge >= 0.3 is 0 Å². The molecule has 1 aromatic rings. The topological polar surface area (TPSA) is 29.5 Å². The minimum atomic E-state index is -0.433. The molecule has 1 aromatic carbocycles. The molecule has 2 nitrogen and oxygen atoms in total. The minimum Gasteiger partial charge on any atom is -0.492 e. The molecule has 16 heavy (non-hydrogen) atoms. The van der Waals surface area contributed by atoms with Gasteiger partial charge < -0.3 is 9.84 Å². The molecule has 0 bridgehead atoms. The summed E-state index contributed by atoms with van der Waals surface area (Å²) < 4.78 is 6.67. The number of ether oxygens (including phenoxy) is 1. The molecule has 1 fully saturated rings. The Labute approximate surface area is 105 Å². The van der Waals surface area contributed by atoms with Gasteiger partial charge in [-0.1, -0.05) is 12.5 Å². The molecule has 0 heterocycles. The number of halogens is 1. The molecule has 0 spiro atoms. The van der Waals surface area contributed by atoms with Crippen molar-refractivity contribution in [3.8, 4) is 5.75 Å². The van der Waals surface area contributed by atoms with Crippen LogP contribution in [0.5, 0.6) is 5.75 Å². The summed E-state index contributed by atoms with van der Waals surface area (Å²) in [5, 5.41) is 9.44. The fraction of sp³-hybridized carbons (Fsp3) is 0.538. The molecule has 3 heteroatoms. The maximum atomic E-state index is 9.44. The molecule has 0 aromatic heterocycles. The zero-order valence-corrected chi connectivity index (χ0v) is 11.0. The van der Waals surface area contributed by atoms with Gasteiger partial charge in [-0.15, -0.1) is 0 Å². The van der Waals surface area contributed by atoms with E-state index in [4.69, 9.17) is 4.74 Å². The smallest absolute Gasteiger partial charge is 0.133 e. The van der Waals surface area contributed by atoms with Crippen LogP contribution in [-0.2, 0) is 0 Å². The van der Waals surface area contributed by atoms with Gasteiger partial charge in [0.05, 0.1) is 17.2 Å². The van der Waals surface area contributed by atoms with E-state index in [1.807, 2.05) is 18.2 Å². The van der Waals surface area contributed by atoms with E-state index in [0.717, 1.165) is 28.3 Å². The van der Waals surface area contributed by atoms with Crippen LogP contribution in [0.2, 0.25) is 0 Å². The maximum Gasteiger partial charge on any atom is 0.133 e. The normalized spacial score (nSPS) is 17.9. The van der Waals surface area contributed by atoms with E-state index < -0.39 is 6.10 Å². The van der Waals surface area contributed by atoms with E-state index in [-0.39, 0.29) is 0 Å². The predicted molar refractivity (Wildman–Crippen MR) is 67.6 cm³/mol. The summed E-state index contributed by atoms with van der Waals surface area (Å²) in [5.74, 6) is 1.61. The van der Waals surface area contributed by atoms with Crippen LogP contribution >= 0.6 is 15.9 Å². The molecule has 2 rings (SSSR count). The van der Waals surface area contributed by atoms with Crippen molar-refractivity contribution in [2.24, 2.45) is 5.92 Å². The third-order valence-electron chi connectivity index (χ3n) is 3.14. The van der Waals surface area contributed by atoms with E-state index in [0.29, 0.717) is 0 Å². The lowest BCUT2D eigenvalue weighted by atomic mass is 9.86. The molecule has 1 saturated carbocycles. The summed E-state index contributed by atoms with van der Waals surface area (Å²) in [6, 6.07) is 5.75. The van der Waals surface area contributed by atoms with Crippen LogP contribution in [0.4, 0.5) is 0 Å². The van der Waals surface area contributed by atoms with Crippen molar-refractivity contribution in [1.82, 2.24) is 0 Å². The van der Waals surface area contributed by atoms with E-state index in [1.54, 1.807) is 6.92 Å². The van der Waals surface area contributed by atoms with Gasteiger partial charge in [0.15, 0.2) is 0 Å². The number of hydrogen-bond acceptors (Lipinski definition) is 2. The summed E-state index contributed by atoms with van der Waals surface area (Å²) >= 11 is 3.47. The Morgan fingerprint density at radius 2 is 2.25 bits per heavy atom. The molecular formula is C13H17BrO2. The number of hydrogen-bond donors (Lipinski definition) is 1. The first-order chi connectivity index (χ1) is 7.66. The van der Waals surface area contributed by atoms with Gasteiger partial charge in [-0.3, -0.25) is 0 Å². The van der Waals surface area contributed by atoms with E-state index in [2.05, 4.69) is 15.9 Å². The lowest BCUT2D eigenvalue weighted by Crippen LogP contribution is -2.19. The van der Waals surface area contributed by atoms with Gasteiger partial charge in [0.2, 0.25) is 0 Å². The zero-order valence-electron chi connectivity index (χ0n) is 9.45. The first-order valence-corrected chi connectivity index (χ1v) is 6.56. The summed E-state index contributed by atoms with van der Waals surface area (Å²) in [4.78, 5) is 0. The van der Waals surface area contributed by atoms with Gasteiger partial charge in [0, 0.05) is 0 Å². The minimum absolute atomic E-state index is 0.433. The maximum absolute atomic E-state index is 9.44. The fourth-order valence-corrected chi connectivity index (χ4v) is 2.27. The highest BCUT2D eigenvalue weighted by atomic mass is 79.9. The second-order valence-corrected chi connectivity index (χ2v) is 5.33. The van der Waals surface area contributed by atoms with Crippen LogP contribution in [0.1, 0.15) is 37.9 Å².